The minimum absolute atomic E-state index is 0. The summed E-state index contributed by atoms with van der Waals surface area (Å²) in [6, 6.07) is 0. The summed E-state index contributed by atoms with van der Waals surface area (Å²) in [7, 11) is 0. The van der Waals surface area contributed by atoms with Gasteiger partial charge >= 0.3 is 11.9 Å². The van der Waals surface area contributed by atoms with Gasteiger partial charge in [-0.2, -0.15) is 0 Å². The number of aliphatic carboxylic acids is 2. The van der Waals surface area contributed by atoms with Gasteiger partial charge in [-0.3, -0.25) is 9.59 Å². The number of carboxylic acids is 2. The standard InChI is InChI=1S/C8H12O4.ClH/c9-7(10)5-1-2-6(4-3-5)8(11)12;/h5-6H,1-4H2,(H,9,10)(H,11,12);1H/t5-,6-;. The van der Waals surface area contributed by atoms with Gasteiger partial charge in [0.1, 0.15) is 0 Å². The molecule has 1 saturated carbocycles. The first-order chi connectivity index (χ1) is 5.61. The molecule has 0 amide bonds. The van der Waals surface area contributed by atoms with Crippen molar-refractivity contribution in [3.63, 3.8) is 0 Å². The van der Waals surface area contributed by atoms with Crippen molar-refractivity contribution in [3.05, 3.63) is 0 Å². The average Bonchev–Trinajstić information content (AvgIpc) is 2.04. The third-order valence-corrected chi connectivity index (χ3v) is 2.43. The van der Waals surface area contributed by atoms with E-state index in [0.717, 1.165) is 0 Å². The molecule has 1 aliphatic carbocycles. The lowest BCUT2D eigenvalue weighted by atomic mass is 9.82. The van der Waals surface area contributed by atoms with Gasteiger partial charge in [0.15, 0.2) is 0 Å². The van der Waals surface area contributed by atoms with Crippen LogP contribution in [-0.4, -0.2) is 22.2 Å². The van der Waals surface area contributed by atoms with Crippen LogP contribution in [0.4, 0.5) is 0 Å². The molecule has 1 rings (SSSR count). The Labute approximate surface area is 82.4 Å². The van der Waals surface area contributed by atoms with Gasteiger partial charge in [0.2, 0.25) is 0 Å². The minimum atomic E-state index is -0.793. The van der Waals surface area contributed by atoms with E-state index >= 15 is 0 Å². The van der Waals surface area contributed by atoms with Crippen molar-refractivity contribution in [3.8, 4) is 0 Å². The van der Waals surface area contributed by atoms with Gasteiger partial charge in [-0.25, -0.2) is 0 Å². The maximum atomic E-state index is 10.5. The van der Waals surface area contributed by atoms with Gasteiger partial charge in [-0.1, -0.05) is 0 Å². The minimum Gasteiger partial charge on any atom is -0.481 e. The summed E-state index contributed by atoms with van der Waals surface area (Å²) >= 11 is 0. The SMILES string of the molecule is Cl.O=C(O)[C@H]1CC[C@H](C(=O)O)CC1. The van der Waals surface area contributed by atoms with Crippen LogP contribution in [0, 0.1) is 11.8 Å². The predicted octanol–water partition coefficient (Wildman–Crippen LogP) is 1.38. The van der Waals surface area contributed by atoms with Crippen molar-refractivity contribution in [2.24, 2.45) is 11.8 Å². The van der Waals surface area contributed by atoms with Crippen molar-refractivity contribution >= 4 is 24.3 Å². The topological polar surface area (TPSA) is 74.6 Å². The van der Waals surface area contributed by atoms with E-state index in [4.69, 9.17) is 10.2 Å². The van der Waals surface area contributed by atoms with Crippen molar-refractivity contribution in [2.45, 2.75) is 25.7 Å². The van der Waals surface area contributed by atoms with Crippen LogP contribution in [0.15, 0.2) is 0 Å². The molecule has 0 aromatic carbocycles. The van der Waals surface area contributed by atoms with Gasteiger partial charge in [-0.05, 0) is 25.7 Å². The van der Waals surface area contributed by atoms with Crippen LogP contribution in [0.5, 0.6) is 0 Å². The largest absolute Gasteiger partial charge is 0.481 e. The maximum Gasteiger partial charge on any atom is 0.306 e. The highest BCUT2D eigenvalue weighted by atomic mass is 35.5. The molecule has 0 heterocycles. The fraction of sp³-hybridized carbons (Fsp3) is 0.750. The third kappa shape index (κ3) is 3.22. The van der Waals surface area contributed by atoms with E-state index in [9.17, 15) is 9.59 Å². The lowest BCUT2D eigenvalue weighted by Crippen LogP contribution is -2.25. The summed E-state index contributed by atoms with van der Waals surface area (Å²) in [5, 5.41) is 17.2. The van der Waals surface area contributed by atoms with Gasteiger partial charge in [0, 0.05) is 0 Å². The average molecular weight is 209 g/mol. The van der Waals surface area contributed by atoms with Gasteiger partial charge < -0.3 is 10.2 Å². The van der Waals surface area contributed by atoms with Crippen molar-refractivity contribution in [2.75, 3.05) is 0 Å². The highest BCUT2D eigenvalue weighted by molar-refractivity contribution is 5.85. The summed E-state index contributed by atoms with van der Waals surface area (Å²) in [6.45, 7) is 0. The molecule has 0 aromatic heterocycles. The molecule has 0 spiro atoms. The molecule has 1 aliphatic rings. The van der Waals surface area contributed by atoms with Crippen LogP contribution in [0.25, 0.3) is 0 Å². The fourth-order valence-electron chi connectivity index (χ4n) is 1.59. The van der Waals surface area contributed by atoms with Crippen molar-refractivity contribution in [1.29, 1.82) is 0 Å². The number of hydrogen-bond acceptors (Lipinski definition) is 2. The smallest absolute Gasteiger partial charge is 0.306 e. The van der Waals surface area contributed by atoms with Crippen LogP contribution < -0.4 is 0 Å². The molecule has 2 N–H and O–H groups in total. The summed E-state index contributed by atoms with van der Waals surface area (Å²) in [4.78, 5) is 21.0. The first kappa shape index (κ1) is 12.2. The van der Waals surface area contributed by atoms with Gasteiger partial charge in [0.05, 0.1) is 11.8 Å². The third-order valence-electron chi connectivity index (χ3n) is 2.43. The second kappa shape index (κ2) is 5.07. The summed E-state index contributed by atoms with van der Waals surface area (Å²) in [5.74, 6) is -2.22. The zero-order chi connectivity index (χ0) is 9.14. The molecule has 5 heteroatoms. The van der Waals surface area contributed by atoms with E-state index in [1.165, 1.54) is 0 Å². The molecule has 0 bridgehead atoms. The number of carbonyl (C=O) groups is 2. The van der Waals surface area contributed by atoms with Crippen LogP contribution >= 0.6 is 12.4 Å². The monoisotopic (exact) mass is 208 g/mol. The summed E-state index contributed by atoms with van der Waals surface area (Å²) < 4.78 is 0. The first-order valence-electron chi connectivity index (χ1n) is 4.07. The van der Waals surface area contributed by atoms with Crippen LogP contribution in [0.2, 0.25) is 0 Å². The molecular weight excluding hydrogens is 196 g/mol. The fourth-order valence-corrected chi connectivity index (χ4v) is 1.59. The molecule has 13 heavy (non-hydrogen) atoms. The number of rotatable bonds is 2. The lowest BCUT2D eigenvalue weighted by molar-refractivity contribution is -0.148. The molecule has 0 unspecified atom stereocenters. The molecular formula is C8H13ClO4. The Bertz CT molecular complexity index is 174. The van der Waals surface area contributed by atoms with Gasteiger partial charge in [-0.15, -0.1) is 12.4 Å². The molecule has 0 aliphatic heterocycles. The van der Waals surface area contributed by atoms with Crippen LogP contribution in [-0.2, 0) is 9.59 Å². The Morgan fingerprint density at radius 1 is 0.846 bits per heavy atom. The quantitative estimate of drug-likeness (QED) is 0.719. The molecule has 1 fully saturated rings. The van der Waals surface area contributed by atoms with Crippen molar-refractivity contribution in [1.82, 2.24) is 0 Å². The van der Waals surface area contributed by atoms with E-state index in [0.29, 0.717) is 25.7 Å². The maximum absolute atomic E-state index is 10.5. The van der Waals surface area contributed by atoms with E-state index in [-0.39, 0.29) is 24.2 Å². The van der Waals surface area contributed by atoms with E-state index in [1.54, 1.807) is 0 Å². The Balaban J connectivity index is 0.00000144. The van der Waals surface area contributed by atoms with Crippen molar-refractivity contribution < 1.29 is 19.8 Å². The Kier molecular flexibility index (Phi) is 4.77. The molecule has 0 aromatic rings. The molecule has 0 saturated heterocycles. The Morgan fingerprint density at radius 3 is 1.23 bits per heavy atom. The molecule has 76 valence electrons. The van der Waals surface area contributed by atoms with E-state index in [2.05, 4.69) is 0 Å². The zero-order valence-corrected chi connectivity index (χ0v) is 7.92. The predicted molar refractivity (Wildman–Crippen MR) is 48.0 cm³/mol. The summed E-state index contributed by atoms with van der Waals surface area (Å²) in [5.41, 5.74) is 0. The Hall–Kier alpha value is -0.770. The molecule has 0 radical (unpaired) electrons. The second-order valence-electron chi connectivity index (χ2n) is 3.23. The van der Waals surface area contributed by atoms with Gasteiger partial charge in [0.25, 0.3) is 0 Å². The summed E-state index contributed by atoms with van der Waals surface area (Å²) in [6.07, 6.45) is 2.03. The first-order valence-corrected chi connectivity index (χ1v) is 4.07. The Morgan fingerprint density at radius 2 is 1.08 bits per heavy atom. The van der Waals surface area contributed by atoms with E-state index < -0.39 is 11.9 Å². The second-order valence-corrected chi connectivity index (χ2v) is 3.23. The highest BCUT2D eigenvalue weighted by Gasteiger charge is 2.29. The zero-order valence-electron chi connectivity index (χ0n) is 7.10. The molecule has 4 nitrogen and oxygen atoms in total. The van der Waals surface area contributed by atoms with E-state index in [1.807, 2.05) is 0 Å². The van der Waals surface area contributed by atoms with Crippen LogP contribution in [0.1, 0.15) is 25.7 Å². The number of halogens is 1. The normalized spacial score (nSPS) is 27.4. The highest BCUT2D eigenvalue weighted by Crippen LogP contribution is 2.28. The lowest BCUT2D eigenvalue weighted by Gasteiger charge is -2.22. The van der Waals surface area contributed by atoms with Crippen LogP contribution in [0.3, 0.4) is 0 Å². The molecule has 0 atom stereocenters. The number of carboxylic acid groups (broad SMARTS) is 2. The number of hydrogen-bond donors (Lipinski definition) is 2.